The van der Waals surface area contributed by atoms with Gasteiger partial charge in [0.05, 0.1) is 5.92 Å². The molecule has 1 N–H and O–H groups in total. The quantitative estimate of drug-likeness (QED) is 0.829. The van der Waals surface area contributed by atoms with Gasteiger partial charge in [-0.15, -0.1) is 0 Å². The second kappa shape index (κ2) is 5.48. The van der Waals surface area contributed by atoms with E-state index in [1.165, 1.54) is 29.5 Å². The highest BCUT2D eigenvalue weighted by Gasteiger charge is 2.20. The molecule has 0 bridgehead atoms. The molecule has 0 spiro atoms. The molecule has 0 radical (unpaired) electrons. The molecule has 1 unspecified atom stereocenters. The van der Waals surface area contributed by atoms with Gasteiger partial charge in [0, 0.05) is 26.8 Å². The van der Waals surface area contributed by atoms with Crippen molar-refractivity contribution in [2.75, 3.05) is 13.6 Å². The zero-order valence-corrected chi connectivity index (χ0v) is 10.6. The number of carboxylic acid groups (broad SMARTS) is 1. The average Bonchev–Trinajstić information content (AvgIpc) is 2.31. The number of carbonyl (C=O) groups excluding carboxylic acids is 1. The third-order valence-electron chi connectivity index (χ3n) is 2.67. The first-order valence-electron chi connectivity index (χ1n) is 5.48. The van der Waals surface area contributed by atoms with Crippen LogP contribution in [0, 0.1) is 5.92 Å². The minimum atomic E-state index is -0.976. The molecule has 18 heavy (non-hydrogen) atoms. The van der Waals surface area contributed by atoms with Crippen molar-refractivity contribution >= 4 is 11.9 Å². The van der Waals surface area contributed by atoms with Crippen LogP contribution in [-0.2, 0) is 11.8 Å². The number of aryl methyl sites for hydroxylation is 1. The van der Waals surface area contributed by atoms with Crippen molar-refractivity contribution in [2.45, 2.75) is 6.92 Å². The average molecular weight is 252 g/mol. The van der Waals surface area contributed by atoms with Crippen LogP contribution >= 0.6 is 0 Å². The minimum Gasteiger partial charge on any atom is -0.481 e. The maximum absolute atomic E-state index is 12.0. The van der Waals surface area contributed by atoms with Gasteiger partial charge in [-0.1, -0.05) is 6.92 Å². The lowest BCUT2D eigenvalue weighted by atomic mass is 10.1. The third-order valence-corrected chi connectivity index (χ3v) is 2.67. The Kier molecular flexibility index (Phi) is 4.25. The fraction of sp³-hybridized carbons (Fsp3) is 0.417. The van der Waals surface area contributed by atoms with Crippen LogP contribution in [0.25, 0.3) is 0 Å². The van der Waals surface area contributed by atoms with Crippen LogP contribution in [0.2, 0.25) is 0 Å². The zero-order chi connectivity index (χ0) is 13.9. The van der Waals surface area contributed by atoms with Gasteiger partial charge in [0.2, 0.25) is 0 Å². The van der Waals surface area contributed by atoms with Gasteiger partial charge in [0.15, 0.2) is 0 Å². The topological polar surface area (TPSA) is 79.6 Å². The van der Waals surface area contributed by atoms with Crippen LogP contribution in [0.5, 0.6) is 0 Å². The molecule has 0 saturated carbocycles. The number of rotatable bonds is 4. The van der Waals surface area contributed by atoms with Crippen LogP contribution in [0.3, 0.4) is 0 Å². The Balaban J connectivity index is 2.91. The summed E-state index contributed by atoms with van der Waals surface area (Å²) in [5, 5.41) is 8.78. The number of aliphatic carboxylic acids is 1. The highest BCUT2D eigenvalue weighted by Crippen LogP contribution is 2.03. The maximum Gasteiger partial charge on any atom is 0.308 e. The zero-order valence-electron chi connectivity index (χ0n) is 10.6. The monoisotopic (exact) mass is 252 g/mol. The summed E-state index contributed by atoms with van der Waals surface area (Å²) in [5.41, 5.74) is -0.350. The number of carboxylic acids is 1. The van der Waals surface area contributed by atoms with Gasteiger partial charge in [-0.3, -0.25) is 14.4 Å². The van der Waals surface area contributed by atoms with Crippen LogP contribution in [0.1, 0.15) is 17.3 Å². The Labute approximate surface area is 104 Å². The molecular weight excluding hydrogens is 236 g/mol. The van der Waals surface area contributed by atoms with E-state index in [1.807, 2.05) is 0 Å². The number of amides is 1. The van der Waals surface area contributed by atoms with Crippen molar-refractivity contribution in [3.8, 4) is 0 Å². The predicted molar refractivity (Wildman–Crippen MR) is 65.4 cm³/mol. The molecule has 0 aliphatic carbocycles. The summed E-state index contributed by atoms with van der Waals surface area (Å²) in [6.45, 7) is 1.57. The van der Waals surface area contributed by atoms with Crippen LogP contribution in [0.4, 0.5) is 0 Å². The molecule has 1 amide bonds. The predicted octanol–water partition coefficient (Wildman–Crippen LogP) is 0.178. The van der Waals surface area contributed by atoms with Crippen molar-refractivity contribution in [2.24, 2.45) is 13.0 Å². The molecule has 0 aliphatic rings. The van der Waals surface area contributed by atoms with Gasteiger partial charge >= 0.3 is 5.97 Å². The van der Waals surface area contributed by atoms with Crippen LogP contribution in [0.15, 0.2) is 23.1 Å². The summed E-state index contributed by atoms with van der Waals surface area (Å²) >= 11 is 0. The molecule has 0 fully saturated rings. The smallest absolute Gasteiger partial charge is 0.308 e. The van der Waals surface area contributed by atoms with Gasteiger partial charge in [0.25, 0.3) is 11.5 Å². The van der Waals surface area contributed by atoms with Gasteiger partial charge in [-0.05, 0) is 12.1 Å². The Bertz CT molecular complexity index is 521. The molecule has 1 atom stereocenters. The molecule has 6 heteroatoms. The van der Waals surface area contributed by atoms with E-state index >= 15 is 0 Å². The van der Waals surface area contributed by atoms with E-state index in [4.69, 9.17) is 5.11 Å². The van der Waals surface area contributed by atoms with Crippen molar-refractivity contribution in [3.63, 3.8) is 0 Å². The van der Waals surface area contributed by atoms with Crippen molar-refractivity contribution in [1.82, 2.24) is 9.47 Å². The van der Waals surface area contributed by atoms with Crippen molar-refractivity contribution < 1.29 is 14.7 Å². The fourth-order valence-corrected chi connectivity index (χ4v) is 1.54. The molecule has 1 aromatic heterocycles. The molecule has 98 valence electrons. The second-order valence-electron chi connectivity index (χ2n) is 4.26. The molecule has 0 aliphatic heterocycles. The van der Waals surface area contributed by atoms with E-state index in [-0.39, 0.29) is 12.1 Å². The van der Waals surface area contributed by atoms with E-state index in [1.54, 1.807) is 19.3 Å². The first-order chi connectivity index (χ1) is 8.34. The Morgan fingerprint density at radius 3 is 2.67 bits per heavy atom. The Morgan fingerprint density at radius 2 is 2.11 bits per heavy atom. The normalized spacial score (nSPS) is 11.9. The molecule has 0 aromatic carbocycles. The maximum atomic E-state index is 12.0. The lowest BCUT2D eigenvalue weighted by Gasteiger charge is -2.19. The van der Waals surface area contributed by atoms with E-state index in [0.717, 1.165) is 0 Å². The van der Waals surface area contributed by atoms with Crippen LogP contribution < -0.4 is 5.56 Å². The summed E-state index contributed by atoms with van der Waals surface area (Å²) < 4.78 is 1.31. The summed E-state index contributed by atoms with van der Waals surface area (Å²) in [6, 6.07) is 3.04. The lowest BCUT2D eigenvalue weighted by Crippen LogP contribution is -2.37. The number of pyridine rings is 1. The van der Waals surface area contributed by atoms with E-state index in [9.17, 15) is 14.4 Å². The minimum absolute atomic E-state index is 0.0417. The highest BCUT2D eigenvalue weighted by atomic mass is 16.4. The molecular formula is C12H16N2O4. The molecule has 0 saturated heterocycles. The lowest BCUT2D eigenvalue weighted by molar-refractivity contribution is -0.141. The second-order valence-corrected chi connectivity index (χ2v) is 4.26. The van der Waals surface area contributed by atoms with E-state index in [0.29, 0.717) is 0 Å². The van der Waals surface area contributed by atoms with E-state index < -0.39 is 23.4 Å². The van der Waals surface area contributed by atoms with Crippen molar-refractivity contribution in [1.29, 1.82) is 0 Å². The number of hydrogen-bond acceptors (Lipinski definition) is 3. The summed E-state index contributed by atoms with van der Waals surface area (Å²) in [6.07, 6.45) is 1.55. The fourth-order valence-electron chi connectivity index (χ4n) is 1.54. The largest absolute Gasteiger partial charge is 0.481 e. The number of carbonyl (C=O) groups is 2. The molecule has 1 aromatic rings. The summed E-state index contributed by atoms with van der Waals surface area (Å²) in [5.74, 6) is -2.12. The summed E-state index contributed by atoms with van der Waals surface area (Å²) in [7, 11) is 3.03. The number of aromatic nitrogens is 1. The molecule has 1 rings (SSSR count). The Morgan fingerprint density at radius 1 is 1.50 bits per heavy atom. The van der Waals surface area contributed by atoms with Gasteiger partial charge < -0.3 is 14.6 Å². The van der Waals surface area contributed by atoms with Gasteiger partial charge in [-0.2, -0.15) is 0 Å². The molecule has 6 nitrogen and oxygen atoms in total. The number of hydrogen-bond donors (Lipinski definition) is 1. The highest BCUT2D eigenvalue weighted by molar-refractivity contribution is 5.93. The third kappa shape index (κ3) is 2.97. The van der Waals surface area contributed by atoms with Gasteiger partial charge in [0.1, 0.15) is 5.56 Å². The Hall–Kier alpha value is -2.11. The first-order valence-corrected chi connectivity index (χ1v) is 5.48. The first kappa shape index (κ1) is 14.0. The SMILES string of the molecule is CC(CN(C)C(=O)c1cccn(C)c1=O)C(=O)O. The standard InChI is InChI=1S/C12H16N2O4/c1-8(12(17)18)7-14(3)11(16)9-5-4-6-13(2)10(9)15/h4-6,8H,7H2,1-3H3,(H,17,18). The van der Waals surface area contributed by atoms with E-state index in [2.05, 4.69) is 0 Å². The van der Waals surface area contributed by atoms with Crippen LogP contribution in [-0.4, -0.2) is 40.0 Å². The summed E-state index contributed by atoms with van der Waals surface area (Å²) in [4.78, 5) is 35.7. The molecule has 1 heterocycles. The van der Waals surface area contributed by atoms with Gasteiger partial charge in [-0.25, -0.2) is 0 Å². The number of nitrogens with zero attached hydrogens (tertiary/aromatic N) is 2. The van der Waals surface area contributed by atoms with Crippen molar-refractivity contribution in [3.05, 3.63) is 34.2 Å².